The summed E-state index contributed by atoms with van der Waals surface area (Å²) in [6.45, 7) is 6.47. The third kappa shape index (κ3) is 14.3. The summed E-state index contributed by atoms with van der Waals surface area (Å²) in [6.07, 6.45) is 3.15. The van der Waals surface area contributed by atoms with E-state index < -0.39 is 29.5 Å². The van der Waals surface area contributed by atoms with Crippen molar-refractivity contribution >= 4 is 47.6 Å². The molecule has 2 fully saturated rings. The van der Waals surface area contributed by atoms with Gasteiger partial charge in [-0.15, -0.1) is 0 Å². The Labute approximate surface area is 318 Å². The number of carbonyl (C=O) groups excluding carboxylic acids is 6. The first-order chi connectivity index (χ1) is 25.9. The normalized spacial score (nSPS) is 17.5. The molecule has 2 aromatic rings. The Morgan fingerprint density at radius 1 is 0.685 bits per heavy atom. The standard InChI is InChI=1S/C38H49N3O12S/c1-38(2,3)53-36(46)28-14-12-27(13-15-28)35(45)52-23-22-51-34(44)26-10-8-25(9-11-26)33(43)50-21-20-49-19-18-48-17-16-39-31(42)7-5-4-6-30-32-29(24-54-30)40-37(47)41-32/h8-15,29-30,32H,4-7,16-24H2,1-3H3,(H,39,42)(H2,40,41,47)/t29-,30?,32-/m0/s1. The minimum absolute atomic E-state index is 0.0157. The van der Waals surface area contributed by atoms with Crippen LogP contribution in [0.4, 0.5) is 4.79 Å². The number of ether oxygens (including phenoxy) is 6. The minimum Gasteiger partial charge on any atom is -0.460 e. The fourth-order valence-corrected chi connectivity index (χ4v) is 7.02. The van der Waals surface area contributed by atoms with Gasteiger partial charge in [-0.25, -0.2) is 24.0 Å². The van der Waals surface area contributed by atoms with Gasteiger partial charge < -0.3 is 44.4 Å². The zero-order valence-electron chi connectivity index (χ0n) is 30.9. The number of carbonyl (C=O) groups is 6. The molecular weight excluding hydrogens is 722 g/mol. The first kappa shape index (κ1) is 42.1. The molecule has 16 heteroatoms. The summed E-state index contributed by atoms with van der Waals surface area (Å²) >= 11 is 1.87. The smallest absolute Gasteiger partial charge is 0.338 e. The molecule has 0 spiro atoms. The zero-order valence-corrected chi connectivity index (χ0v) is 31.7. The van der Waals surface area contributed by atoms with E-state index in [0.29, 0.717) is 43.6 Å². The van der Waals surface area contributed by atoms with Crippen LogP contribution in [0.25, 0.3) is 0 Å². The van der Waals surface area contributed by atoms with Crippen molar-refractivity contribution in [3.8, 4) is 0 Å². The van der Waals surface area contributed by atoms with Crippen LogP contribution in [-0.4, -0.2) is 117 Å². The highest BCUT2D eigenvalue weighted by Gasteiger charge is 2.42. The van der Waals surface area contributed by atoms with Crippen molar-refractivity contribution in [3.63, 3.8) is 0 Å². The van der Waals surface area contributed by atoms with Crippen molar-refractivity contribution in [1.82, 2.24) is 16.0 Å². The Balaban J connectivity index is 0.963. The van der Waals surface area contributed by atoms with Crippen LogP contribution in [0.3, 0.4) is 0 Å². The molecule has 2 aliphatic heterocycles. The molecule has 0 saturated carbocycles. The lowest BCUT2D eigenvalue weighted by Crippen LogP contribution is -2.36. The van der Waals surface area contributed by atoms with Crippen molar-refractivity contribution in [3.05, 3.63) is 70.8 Å². The third-order valence-corrected chi connectivity index (χ3v) is 9.65. The summed E-state index contributed by atoms with van der Waals surface area (Å²) in [4.78, 5) is 72.7. The van der Waals surface area contributed by atoms with Gasteiger partial charge in [0.1, 0.15) is 25.4 Å². The second kappa shape index (κ2) is 21.3. The molecule has 2 aromatic carbocycles. The largest absolute Gasteiger partial charge is 0.460 e. The molecule has 0 aromatic heterocycles. The highest BCUT2D eigenvalue weighted by atomic mass is 32.2. The number of amides is 3. The van der Waals surface area contributed by atoms with Gasteiger partial charge in [0.15, 0.2) is 0 Å². The molecule has 3 amide bonds. The lowest BCUT2D eigenvalue weighted by molar-refractivity contribution is -0.121. The summed E-state index contributed by atoms with van der Waals surface area (Å²) in [5.74, 6) is -1.47. The molecule has 0 aliphatic carbocycles. The maximum atomic E-state index is 12.4. The highest BCUT2D eigenvalue weighted by molar-refractivity contribution is 8.00. The van der Waals surface area contributed by atoms with Gasteiger partial charge in [-0.3, -0.25) is 4.79 Å². The molecule has 2 heterocycles. The predicted octanol–water partition coefficient (Wildman–Crippen LogP) is 3.69. The van der Waals surface area contributed by atoms with Crippen LogP contribution in [-0.2, 0) is 33.2 Å². The minimum atomic E-state index is -0.658. The van der Waals surface area contributed by atoms with E-state index >= 15 is 0 Å². The second-order valence-corrected chi connectivity index (χ2v) is 14.8. The average Bonchev–Trinajstić information content (AvgIpc) is 3.70. The van der Waals surface area contributed by atoms with Crippen LogP contribution < -0.4 is 16.0 Å². The van der Waals surface area contributed by atoms with Crippen molar-refractivity contribution < 1.29 is 57.2 Å². The van der Waals surface area contributed by atoms with Crippen LogP contribution in [0.15, 0.2) is 48.5 Å². The summed E-state index contributed by atoms with van der Waals surface area (Å²) < 4.78 is 31.7. The number of hydrogen-bond donors (Lipinski definition) is 3. The molecule has 0 radical (unpaired) electrons. The summed E-state index contributed by atoms with van der Waals surface area (Å²) in [5.41, 5.74) is 0.325. The number of benzene rings is 2. The van der Waals surface area contributed by atoms with Gasteiger partial charge in [0.25, 0.3) is 0 Å². The quantitative estimate of drug-likeness (QED) is 0.0721. The van der Waals surface area contributed by atoms with Gasteiger partial charge in [0.05, 0.1) is 60.8 Å². The molecule has 4 rings (SSSR count). The van der Waals surface area contributed by atoms with Gasteiger partial charge in [-0.2, -0.15) is 11.8 Å². The molecule has 0 bridgehead atoms. The summed E-state index contributed by atoms with van der Waals surface area (Å²) in [5, 5.41) is 9.16. The number of rotatable bonds is 21. The van der Waals surface area contributed by atoms with Crippen LogP contribution in [0.2, 0.25) is 0 Å². The molecule has 294 valence electrons. The van der Waals surface area contributed by atoms with E-state index in [-0.39, 0.29) is 67.1 Å². The van der Waals surface area contributed by atoms with Gasteiger partial charge in [-0.05, 0) is 82.1 Å². The monoisotopic (exact) mass is 771 g/mol. The third-order valence-electron chi connectivity index (χ3n) is 8.14. The molecular formula is C38H49N3O12S. The lowest BCUT2D eigenvalue weighted by Gasteiger charge is -2.19. The zero-order chi connectivity index (χ0) is 38.9. The molecule has 15 nitrogen and oxygen atoms in total. The molecule has 54 heavy (non-hydrogen) atoms. The maximum absolute atomic E-state index is 12.4. The predicted molar refractivity (Wildman–Crippen MR) is 198 cm³/mol. The SMILES string of the molecule is CC(C)(C)OC(=O)c1ccc(C(=O)OCCOC(=O)c2ccc(C(=O)OCCOCCOCCNC(=O)CCCCC3SC[C@@H]4NC(=O)N[C@H]34)cc2)cc1. The topological polar surface area (TPSA) is 194 Å². The number of unbranched alkanes of at least 4 members (excludes halogenated alkanes) is 1. The van der Waals surface area contributed by atoms with E-state index in [1.54, 1.807) is 20.8 Å². The Kier molecular flexibility index (Phi) is 16.6. The summed E-state index contributed by atoms with van der Waals surface area (Å²) in [7, 11) is 0. The van der Waals surface area contributed by atoms with Crippen molar-refractivity contribution in [2.24, 2.45) is 0 Å². The van der Waals surface area contributed by atoms with E-state index in [1.165, 1.54) is 48.5 Å². The van der Waals surface area contributed by atoms with E-state index in [1.807, 2.05) is 11.8 Å². The Morgan fingerprint density at radius 2 is 1.17 bits per heavy atom. The van der Waals surface area contributed by atoms with E-state index in [9.17, 15) is 28.8 Å². The van der Waals surface area contributed by atoms with E-state index in [0.717, 1.165) is 25.0 Å². The van der Waals surface area contributed by atoms with Gasteiger partial charge in [-0.1, -0.05) is 6.42 Å². The Morgan fingerprint density at radius 3 is 1.70 bits per heavy atom. The first-order valence-electron chi connectivity index (χ1n) is 18.0. The second-order valence-electron chi connectivity index (χ2n) is 13.5. The van der Waals surface area contributed by atoms with Crippen LogP contribution in [0.5, 0.6) is 0 Å². The maximum Gasteiger partial charge on any atom is 0.338 e. The van der Waals surface area contributed by atoms with Crippen LogP contribution in [0.1, 0.15) is 87.9 Å². The number of esters is 4. The highest BCUT2D eigenvalue weighted by Crippen LogP contribution is 2.33. The number of thioether (sulfide) groups is 1. The molecule has 3 atom stereocenters. The molecule has 2 aliphatic rings. The Hall–Kier alpha value is -4.67. The van der Waals surface area contributed by atoms with Gasteiger partial charge in [0, 0.05) is 24.0 Å². The van der Waals surface area contributed by atoms with E-state index in [2.05, 4.69) is 16.0 Å². The number of urea groups is 1. The number of nitrogens with one attached hydrogen (secondary N) is 3. The van der Waals surface area contributed by atoms with Crippen molar-refractivity contribution in [1.29, 1.82) is 0 Å². The fourth-order valence-electron chi connectivity index (χ4n) is 5.48. The van der Waals surface area contributed by atoms with Gasteiger partial charge in [0.2, 0.25) is 5.91 Å². The number of fused-ring (bicyclic) bond motifs is 1. The van der Waals surface area contributed by atoms with E-state index in [4.69, 9.17) is 28.4 Å². The fraction of sp³-hybridized carbons (Fsp3) is 0.526. The van der Waals surface area contributed by atoms with Crippen molar-refractivity contribution in [2.75, 3.05) is 58.5 Å². The van der Waals surface area contributed by atoms with Crippen LogP contribution >= 0.6 is 11.8 Å². The first-order valence-corrected chi connectivity index (χ1v) is 19.0. The molecule has 2 saturated heterocycles. The molecule has 1 unspecified atom stereocenters. The lowest BCUT2D eigenvalue weighted by atomic mass is 10.0. The van der Waals surface area contributed by atoms with Crippen LogP contribution in [0, 0.1) is 0 Å². The number of hydrogen-bond acceptors (Lipinski definition) is 13. The summed E-state index contributed by atoms with van der Waals surface area (Å²) in [6, 6.07) is 11.9. The van der Waals surface area contributed by atoms with Gasteiger partial charge >= 0.3 is 29.9 Å². The Bertz CT molecular complexity index is 1580. The van der Waals surface area contributed by atoms with Crippen molar-refractivity contribution in [2.45, 2.75) is 69.4 Å². The average molecular weight is 772 g/mol. The molecule has 3 N–H and O–H groups in total.